The van der Waals surface area contributed by atoms with Crippen molar-refractivity contribution in [1.82, 2.24) is 14.8 Å². The van der Waals surface area contributed by atoms with Gasteiger partial charge in [0.05, 0.1) is 6.42 Å². The Morgan fingerprint density at radius 3 is 2.48 bits per heavy atom. The molecule has 3 fully saturated rings. The summed E-state index contributed by atoms with van der Waals surface area (Å²) in [6.45, 7) is 1.93. The van der Waals surface area contributed by atoms with Crippen molar-refractivity contribution in [1.29, 1.82) is 0 Å². The molecule has 1 aromatic heterocycles. The first-order valence-corrected chi connectivity index (χ1v) is 9.33. The van der Waals surface area contributed by atoms with Crippen LogP contribution in [0.25, 0.3) is 0 Å². The number of piperidine rings is 1. The van der Waals surface area contributed by atoms with Gasteiger partial charge in [-0.1, -0.05) is 12.1 Å². The first kappa shape index (κ1) is 17.6. The summed E-state index contributed by atoms with van der Waals surface area (Å²) in [6.07, 6.45) is 5.46. The molecular weight excluding hydrogens is 345 g/mol. The van der Waals surface area contributed by atoms with Crippen LogP contribution in [0.2, 0.25) is 0 Å². The fourth-order valence-corrected chi connectivity index (χ4v) is 4.11. The zero-order valence-corrected chi connectivity index (χ0v) is 15.1. The van der Waals surface area contributed by atoms with Crippen molar-refractivity contribution in [2.24, 2.45) is 5.92 Å². The molecule has 5 nitrogen and oxygen atoms in total. The van der Waals surface area contributed by atoms with Crippen LogP contribution in [-0.2, 0) is 11.2 Å². The minimum atomic E-state index is -0.301. The van der Waals surface area contributed by atoms with Crippen LogP contribution >= 0.6 is 0 Å². The van der Waals surface area contributed by atoms with Crippen LogP contribution in [0.5, 0.6) is 0 Å². The number of pyridine rings is 1. The Balaban J connectivity index is 1.47. The van der Waals surface area contributed by atoms with Crippen LogP contribution in [0.15, 0.2) is 48.8 Å². The molecule has 6 heteroatoms. The third kappa shape index (κ3) is 3.84. The first-order valence-electron chi connectivity index (χ1n) is 9.33. The van der Waals surface area contributed by atoms with Gasteiger partial charge in [0, 0.05) is 43.6 Å². The Labute approximate surface area is 157 Å². The van der Waals surface area contributed by atoms with Gasteiger partial charge in [0.25, 0.3) is 5.91 Å². The van der Waals surface area contributed by atoms with E-state index in [0.717, 1.165) is 18.4 Å². The van der Waals surface area contributed by atoms with Crippen LogP contribution in [0.3, 0.4) is 0 Å². The number of amides is 2. The Kier molecular flexibility index (Phi) is 4.88. The highest BCUT2D eigenvalue weighted by Crippen LogP contribution is 2.29. The number of halogens is 1. The quantitative estimate of drug-likeness (QED) is 0.838. The third-order valence-electron chi connectivity index (χ3n) is 5.52. The minimum absolute atomic E-state index is 0.00198. The molecule has 2 bridgehead atoms. The number of carbonyl (C=O) groups excluding carboxylic acids is 2. The molecule has 27 heavy (non-hydrogen) atoms. The van der Waals surface area contributed by atoms with E-state index in [2.05, 4.69) is 4.98 Å². The summed E-state index contributed by atoms with van der Waals surface area (Å²) in [4.78, 5) is 33.5. The number of rotatable bonds is 3. The molecular formula is C21H22FN3O2. The summed E-state index contributed by atoms with van der Waals surface area (Å²) in [5, 5.41) is 0. The van der Waals surface area contributed by atoms with Crippen molar-refractivity contribution >= 4 is 11.8 Å². The van der Waals surface area contributed by atoms with E-state index in [1.165, 1.54) is 12.1 Å². The summed E-state index contributed by atoms with van der Waals surface area (Å²) in [6, 6.07) is 9.57. The summed E-state index contributed by atoms with van der Waals surface area (Å²) in [7, 11) is 0. The molecule has 0 N–H and O–H groups in total. The molecule has 2 aromatic rings. The van der Waals surface area contributed by atoms with Crippen molar-refractivity contribution in [2.75, 3.05) is 19.6 Å². The summed E-state index contributed by atoms with van der Waals surface area (Å²) in [5.74, 6) is 0.0497. The number of hydrogen-bond acceptors (Lipinski definition) is 3. The largest absolute Gasteiger partial charge is 0.337 e. The van der Waals surface area contributed by atoms with E-state index in [4.69, 9.17) is 0 Å². The topological polar surface area (TPSA) is 53.5 Å². The van der Waals surface area contributed by atoms with Crippen molar-refractivity contribution in [3.8, 4) is 0 Å². The lowest BCUT2D eigenvalue weighted by Crippen LogP contribution is -2.48. The van der Waals surface area contributed by atoms with E-state index in [0.29, 0.717) is 31.1 Å². The maximum atomic E-state index is 13.1. The van der Waals surface area contributed by atoms with Gasteiger partial charge in [-0.05, 0) is 48.6 Å². The van der Waals surface area contributed by atoms with E-state index in [1.807, 2.05) is 9.80 Å². The van der Waals surface area contributed by atoms with E-state index in [1.54, 1.807) is 36.7 Å². The first-order chi connectivity index (χ1) is 13.1. The van der Waals surface area contributed by atoms with Crippen molar-refractivity contribution < 1.29 is 14.0 Å². The third-order valence-corrected chi connectivity index (χ3v) is 5.52. The van der Waals surface area contributed by atoms with E-state index < -0.39 is 0 Å². The predicted molar refractivity (Wildman–Crippen MR) is 98.5 cm³/mol. The van der Waals surface area contributed by atoms with Gasteiger partial charge in [-0.15, -0.1) is 0 Å². The van der Waals surface area contributed by atoms with Gasteiger partial charge < -0.3 is 9.80 Å². The second-order valence-corrected chi connectivity index (χ2v) is 7.39. The van der Waals surface area contributed by atoms with Gasteiger partial charge in [0.15, 0.2) is 0 Å². The average molecular weight is 367 g/mol. The Bertz CT molecular complexity index is 825. The van der Waals surface area contributed by atoms with Crippen molar-refractivity contribution in [3.05, 3.63) is 65.7 Å². The smallest absolute Gasteiger partial charge is 0.254 e. The average Bonchev–Trinajstić information content (AvgIpc) is 3.02. The number of carbonyl (C=O) groups is 2. The standard InChI is InChI=1S/C21H22FN3O2/c22-18-4-1-15(2-5-18)11-20(26)25-13-16-3-6-19(25)14-24(12-16)21(27)17-7-9-23-10-8-17/h1-2,4-5,7-10,16,19H,3,6,11-14H2. The lowest BCUT2D eigenvalue weighted by molar-refractivity contribution is -0.134. The molecule has 3 saturated heterocycles. The maximum absolute atomic E-state index is 13.1. The molecule has 2 amide bonds. The molecule has 0 radical (unpaired) electrons. The van der Waals surface area contributed by atoms with E-state index in [-0.39, 0.29) is 30.1 Å². The van der Waals surface area contributed by atoms with Crippen LogP contribution in [0.1, 0.15) is 28.8 Å². The SMILES string of the molecule is O=C(c1ccncc1)N1CC2CCC(C1)N(C(=O)Cc1ccc(F)cc1)C2. The second-order valence-electron chi connectivity index (χ2n) is 7.39. The number of benzene rings is 1. The number of nitrogens with zero attached hydrogens (tertiary/aromatic N) is 3. The van der Waals surface area contributed by atoms with Crippen LogP contribution in [0.4, 0.5) is 4.39 Å². The Hall–Kier alpha value is -2.76. The zero-order chi connectivity index (χ0) is 18.8. The molecule has 4 heterocycles. The molecule has 5 rings (SSSR count). The highest BCUT2D eigenvalue weighted by atomic mass is 19.1. The van der Waals surface area contributed by atoms with Crippen LogP contribution < -0.4 is 0 Å². The molecule has 1 aromatic carbocycles. The zero-order valence-electron chi connectivity index (χ0n) is 15.1. The predicted octanol–water partition coefficient (Wildman–Crippen LogP) is 2.53. The van der Waals surface area contributed by atoms with Gasteiger partial charge in [-0.25, -0.2) is 4.39 Å². The van der Waals surface area contributed by atoms with Gasteiger partial charge in [0.1, 0.15) is 5.82 Å². The highest BCUT2D eigenvalue weighted by Gasteiger charge is 2.38. The van der Waals surface area contributed by atoms with Gasteiger partial charge in [-0.2, -0.15) is 0 Å². The van der Waals surface area contributed by atoms with E-state index in [9.17, 15) is 14.0 Å². The Morgan fingerprint density at radius 1 is 1.00 bits per heavy atom. The Morgan fingerprint density at radius 2 is 1.74 bits per heavy atom. The fraction of sp³-hybridized carbons (Fsp3) is 0.381. The fourth-order valence-electron chi connectivity index (χ4n) is 4.11. The molecule has 2 unspecified atom stereocenters. The normalized spacial score (nSPS) is 21.8. The van der Waals surface area contributed by atoms with Crippen molar-refractivity contribution in [3.63, 3.8) is 0 Å². The van der Waals surface area contributed by atoms with Gasteiger partial charge in [-0.3, -0.25) is 14.6 Å². The second kappa shape index (κ2) is 7.47. The van der Waals surface area contributed by atoms with Crippen LogP contribution in [0, 0.1) is 11.7 Å². The molecule has 0 aliphatic carbocycles. The maximum Gasteiger partial charge on any atom is 0.254 e. The minimum Gasteiger partial charge on any atom is -0.337 e. The number of hydrogen-bond donors (Lipinski definition) is 0. The van der Waals surface area contributed by atoms with Crippen molar-refractivity contribution in [2.45, 2.75) is 25.3 Å². The lowest BCUT2D eigenvalue weighted by atomic mass is 9.94. The highest BCUT2D eigenvalue weighted by molar-refractivity contribution is 5.94. The molecule has 0 saturated carbocycles. The summed E-state index contributed by atoms with van der Waals surface area (Å²) in [5.41, 5.74) is 1.45. The molecule has 0 spiro atoms. The number of fused-ring (bicyclic) bond motifs is 4. The molecule has 3 aliphatic heterocycles. The van der Waals surface area contributed by atoms with Crippen LogP contribution in [-0.4, -0.2) is 52.3 Å². The summed E-state index contributed by atoms with van der Waals surface area (Å²) >= 11 is 0. The molecule has 3 aliphatic rings. The van der Waals surface area contributed by atoms with Gasteiger partial charge in [0.2, 0.25) is 5.91 Å². The van der Waals surface area contributed by atoms with Gasteiger partial charge >= 0.3 is 0 Å². The number of aromatic nitrogens is 1. The molecule has 2 atom stereocenters. The molecule has 140 valence electrons. The summed E-state index contributed by atoms with van der Waals surface area (Å²) < 4.78 is 13.1. The van der Waals surface area contributed by atoms with E-state index >= 15 is 0 Å². The lowest BCUT2D eigenvalue weighted by Gasteiger charge is -2.36. The monoisotopic (exact) mass is 367 g/mol.